The van der Waals surface area contributed by atoms with Gasteiger partial charge in [0.2, 0.25) is 0 Å². The number of hydrogen-bond acceptors (Lipinski definition) is 3. The number of para-hydroxylation sites is 1. The molecule has 0 saturated carbocycles. The maximum atomic E-state index is 10.6. The van der Waals surface area contributed by atoms with Crippen LogP contribution in [0, 0.1) is 0 Å². The van der Waals surface area contributed by atoms with E-state index in [0.717, 1.165) is 0 Å². The molecule has 0 aromatic heterocycles. The van der Waals surface area contributed by atoms with Gasteiger partial charge in [0.1, 0.15) is 11.3 Å². The van der Waals surface area contributed by atoms with Gasteiger partial charge in [0, 0.05) is 6.92 Å². The van der Waals surface area contributed by atoms with E-state index in [1.54, 1.807) is 12.1 Å². The summed E-state index contributed by atoms with van der Waals surface area (Å²) in [5.41, 5.74) is -0.0160. The van der Waals surface area contributed by atoms with Gasteiger partial charge in [-0.1, -0.05) is 12.1 Å². The maximum Gasteiger partial charge on any atom is 0.339 e. The molecule has 76 valence electrons. The lowest BCUT2D eigenvalue weighted by molar-refractivity contribution is -0.131. The topological polar surface area (TPSA) is 100 Å². The van der Waals surface area contributed by atoms with Crippen LogP contribution < -0.4 is 10.9 Å². The molecule has 0 saturated heterocycles. The van der Waals surface area contributed by atoms with Crippen molar-refractivity contribution in [1.29, 1.82) is 0 Å². The minimum Gasteiger partial charge on any atom is -0.478 e. The zero-order valence-corrected chi connectivity index (χ0v) is 7.98. The number of carbonyl (C=O) groups is 2. The molecule has 0 heterocycles. The van der Waals surface area contributed by atoms with Gasteiger partial charge in [-0.25, -0.2) is 4.79 Å². The lowest BCUT2D eigenvalue weighted by Gasteiger charge is -2.03. The summed E-state index contributed by atoms with van der Waals surface area (Å²) in [7, 11) is 0. The number of quaternary nitrogens is 1. The molecule has 0 aliphatic heterocycles. The second-order valence-corrected chi connectivity index (χ2v) is 2.39. The Balaban J connectivity index is 0.00000169. The molecule has 5 nitrogen and oxygen atoms in total. The molecule has 0 spiro atoms. The minimum atomic E-state index is -1.11. The van der Waals surface area contributed by atoms with Crippen LogP contribution in [0.2, 0.25) is 0 Å². The fourth-order valence-corrected chi connectivity index (χ4v) is 0.887. The number of aromatic carboxylic acids is 1. The molecule has 5 heteroatoms. The van der Waals surface area contributed by atoms with Crippen LogP contribution in [0.1, 0.15) is 17.3 Å². The fraction of sp³-hybridized carbons (Fsp3) is 0.111. The van der Waals surface area contributed by atoms with Gasteiger partial charge < -0.3 is 16.0 Å². The van der Waals surface area contributed by atoms with E-state index in [4.69, 9.17) is 5.11 Å². The maximum absolute atomic E-state index is 10.6. The Morgan fingerprint density at radius 3 is 2.36 bits per heavy atom. The monoisotopic (exact) mass is 198 g/mol. The van der Waals surface area contributed by atoms with Crippen molar-refractivity contribution in [3.8, 4) is 5.75 Å². The predicted molar refractivity (Wildman–Crippen MR) is 50.7 cm³/mol. The van der Waals surface area contributed by atoms with Crippen molar-refractivity contribution in [2.45, 2.75) is 6.92 Å². The van der Waals surface area contributed by atoms with Gasteiger partial charge in [0.15, 0.2) is 0 Å². The molecule has 5 N–H and O–H groups in total. The van der Waals surface area contributed by atoms with Crippen LogP contribution in [-0.2, 0) is 4.79 Å². The Hall–Kier alpha value is -1.88. The largest absolute Gasteiger partial charge is 0.478 e. The van der Waals surface area contributed by atoms with E-state index in [1.165, 1.54) is 19.1 Å². The molecule has 0 unspecified atom stereocenters. The molecule has 0 radical (unpaired) electrons. The van der Waals surface area contributed by atoms with Crippen molar-refractivity contribution in [2.75, 3.05) is 0 Å². The smallest absolute Gasteiger partial charge is 0.339 e. The summed E-state index contributed by atoms with van der Waals surface area (Å²) in [6.07, 6.45) is 0. The van der Waals surface area contributed by atoms with Gasteiger partial charge in [-0.15, -0.1) is 0 Å². The van der Waals surface area contributed by atoms with E-state index < -0.39 is 11.9 Å². The normalized spacial score (nSPS) is 8.64. The standard InChI is InChI=1S/C9H8O4.H3N/c1-6(10)13-8-5-3-2-4-7(8)9(11)12;/h2-5H,1H3,(H,11,12);1H3/p+1. The van der Waals surface area contributed by atoms with E-state index >= 15 is 0 Å². The number of benzene rings is 1. The van der Waals surface area contributed by atoms with Crippen LogP contribution in [0.15, 0.2) is 24.3 Å². The summed E-state index contributed by atoms with van der Waals surface area (Å²) in [5.74, 6) is -1.58. The van der Waals surface area contributed by atoms with Gasteiger partial charge in [-0.3, -0.25) is 4.79 Å². The van der Waals surface area contributed by atoms with Crippen molar-refractivity contribution >= 4 is 11.9 Å². The first-order chi connectivity index (χ1) is 6.11. The second kappa shape index (κ2) is 4.98. The number of rotatable bonds is 2. The molecule has 0 aliphatic carbocycles. The number of hydrogen-bond donors (Lipinski definition) is 2. The van der Waals surface area contributed by atoms with Crippen molar-refractivity contribution in [3.05, 3.63) is 29.8 Å². The summed E-state index contributed by atoms with van der Waals surface area (Å²) in [5, 5.41) is 8.69. The SMILES string of the molecule is CC(=O)Oc1ccccc1C(=O)O.[NH4+]. The highest BCUT2D eigenvalue weighted by Crippen LogP contribution is 2.17. The van der Waals surface area contributed by atoms with Crippen LogP contribution in [0.25, 0.3) is 0 Å². The molecule has 0 aliphatic rings. The van der Waals surface area contributed by atoms with E-state index in [1.807, 2.05) is 0 Å². The second-order valence-electron chi connectivity index (χ2n) is 2.39. The van der Waals surface area contributed by atoms with Crippen molar-refractivity contribution in [3.63, 3.8) is 0 Å². The van der Waals surface area contributed by atoms with Crippen LogP contribution >= 0.6 is 0 Å². The predicted octanol–water partition coefficient (Wildman–Crippen LogP) is 1.69. The summed E-state index contributed by atoms with van der Waals surface area (Å²) < 4.78 is 4.69. The third kappa shape index (κ3) is 2.87. The Labute approximate surface area is 80.9 Å². The Bertz CT molecular complexity index is 348. The van der Waals surface area contributed by atoms with Crippen molar-refractivity contribution in [2.24, 2.45) is 0 Å². The number of esters is 1. The first kappa shape index (κ1) is 12.1. The Morgan fingerprint density at radius 2 is 1.86 bits per heavy atom. The number of carbonyl (C=O) groups excluding carboxylic acids is 1. The highest BCUT2D eigenvalue weighted by Gasteiger charge is 2.10. The number of carboxylic acid groups (broad SMARTS) is 1. The van der Waals surface area contributed by atoms with Crippen LogP contribution in [0.4, 0.5) is 0 Å². The molecular formula is C9H12NO4+. The zero-order chi connectivity index (χ0) is 9.84. The third-order valence-corrected chi connectivity index (χ3v) is 1.37. The highest BCUT2D eigenvalue weighted by molar-refractivity contribution is 5.91. The van der Waals surface area contributed by atoms with Gasteiger partial charge >= 0.3 is 11.9 Å². The van der Waals surface area contributed by atoms with Gasteiger partial charge in [-0.2, -0.15) is 0 Å². The van der Waals surface area contributed by atoms with E-state index in [9.17, 15) is 9.59 Å². The molecule has 0 atom stereocenters. The lowest BCUT2D eigenvalue weighted by Crippen LogP contribution is -2.06. The van der Waals surface area contributed by atoms with Crippen molar-refractivity contribution in [1.82, 2.24) is 6.15 Å². The molecule has 1 aromatic rings. The highest BCUT2D eigenvalue weighted by atomic mass is 16.5. The van der Waals surface area contributed by atoms with Gasteiger partial charge in [0.05, 0.1) is 0 Å². The molecule has 14 heavy (non-hydrogen) atoms. The summed E-state index contributed by atoms with van der Waals surface area (Å²) >= 11 is 0. The average molecular weight is 198 g/mol. The Morgan fingerprint density at radius 1 is 1.29 bits per heavy atom. The number of ether oxygens (including phenoxy) is 1. The summed E-state index contributed by atoms with van der Waals surface area (Å²) in [4.78, 5) is 21.2. The third-order valence-electron chi connectivity index (χ3n) is 1.37. The van der Waals surface area contributed by atoms with E-state index in [2.05, 4.69) is 4.74 Å². The fourth-order valence-electron chi connectivity index (χ4n) is 0.887. The van der Waals surface area contributed by atoms with Gasteiger partial charge in [-0.05, 0) is 12.1 Å². The number of carboxylic acids is 1. The molecule has 0 bridgehead atoms. The molecule has 0 amide bonds. The first-order valence-corrected chi connectivity index (χ1v) is 3.62. The Kier molecular flexibility index (Phi) is 4.31. The molecule has 0 fully saturated rings. The summed E-state index contributed by atoms with van der Waals surface area (Å²) in [6.45, 7) is 1.22. The van der Waals surface area contributed by atoms with E-state index in [0.29, 0.717) is 0 Å². The van der Waals surface area contributed by atoms with Crippen LogP contribution in [0.5, 0.6) is 5.75 Å². The van der Waals surface area contributed by atoms with Crippen LogP contribution in [-0.4, -0.2) is 17.0 Å². The molecular weight excluding hydrogens is 186 g/mol. The van der Waals surface area contributed by atoms with Gasteiger partial charge in [0.25, 0.3) is 0 Å². The minimum absolute atomic E-state index is 0. The zero-order valence-electron chi connectivity index (χ0n) is 7.98. The average Bonchev–Trinajstić information content (AvgIpc) is 2.03. The molecule has 1 aromatic carbocycles. The lowest BCUT2D eigenvalue weighted by atomic mass is 10.2. The summed E-state index contributed by atoms with van der Waals surface area (Å²) in [6, 6.07) is 5.98. The first-order valence-electron chi connectivity index (χ1n) is 3.62. The van der Waals surface area contributed by atoms with E-state index in [-0.39, 0.29) is 17.5 Å². The quantitative estimate of drug-likeness (QED) is 0.557. The van der Waals surface area contributed by atoms with Crippen LogP contribution in [0.3, 0.4) is 0 Å². The molecule has 1 rings (SSSR count). The van der Waals surface area contributed by atoms with Crippen molar-refractivity contribution < 1.29 is 19.4 Å².